The molecular weight excluding hydrogens is 494 g/mol. The topological polar surface area (TPSA) is 123 Å². The Morgan fingerprint density at radius 1 is 1.16 bits per heavy atom. The predicted octanol–water partition coefficient (Wildman–Crippen LogP) is 3.71. The molecule has 4 aromatic rings. The number of nitrogens with two attached hydrogens (primary N) is 2. The molecule has 2 aliphatic rings. The molecule has 6 rings (SSSR count). The number of hydrogen-bond donors (Lipinski definition) is 3. The van der Waals surface area contributed by atoms with E-state index in [4.69, 9.17) is 16.5 Å². The number of aliphatic imine (C=N–C) groups is 1. The van der Waals surface area contributed by atoms with E-state index in [1.807, 2.05) is 18.2 Å². The number of carbonyl (C=O) groups excluding carboxylic acids is 1. The van der Waals surface area contributed by atoms with Gasteiger partial charge in [-0.15, -0.1) is 11.3 Å². The van der Waals surface area contributed by atoms with Crippen molar-refractivity contribution in [3.63, 3.8) is 0 Å². The van der Waals surface area contributed by atoms with Crippen molar-refractivity contribution in [1.82, 2.24) is 20.4 Å². The third-order valence-electron chi connectivity index (χ3n) is 5.93. The standard InChI is InChI=1S/C22H16N2S.C7H9N5O/c1-2-21-19(17-6-4-3-5-7-17)14-20-18(15-25-22(20)24-21)9-8-16-10-12-23-13-11-16;8-5-4(6(9)13)7-10-2-1-3-12(7)11-5/h3-7,10-15H,2H2,1H3;1-3,5,11H,8H2,(H2,9,13). The van der Waals surface area contributed by atoms with Crippen LogP contribution >= 0.6 is 11.3 Å². The van der Waals surface area contributed by atoms with Gasteiger partial charge < -0.3 is 11.5 Å². The van der Waals surface area contributed by atoms with Crippen LogP contribution in [-0.2, 0) is 11.2 Å². The number of fused-ring (bicyclic) bond motifs is 2. The van der Waals surface area contributed by atoms with Gasteiger partial charge in [-0.2, -0.15) is 0 Å². The summed E-state index contributed by atoms with van der Waals surface area (Å²) in [4.78, 5) is 24.9. The quantitative estimate of drug-likeness (QED) is 0.355. The van der Waals surface area contributed by atoms with Crippen LogP contribution in [0.2, 0.25) is 0 Å². The highest BCUT2D eigenvalue weighted by Crippen LogP contribution is 2.31. The van der Waals surface area contributed by atoms with Gasteiger partial charge in [-0.1, -0.05) is 49.1 Å². The van der Waals surface area contributed by atoms with E-state index in [2.05, 4.69) is 69.9 Å². The summed E-state index contributed by atoms with van der Waals surface area (Å²) < 4.78 is 0. The number of aromatic nitrogens is 2. The van der Waals surface area contributed by atoms with E-state index in [1.54, 1.807) is 47.2 Å². The van der Waals surface area contributed by atoms with E-state index in [-0.39, 0.29) is 0 Å². The Balaban J connectivity index is 0.000000190. The molecule has 9 heteroatoms. The van der Waals surface area contributed by atoms with E-state index in [1.165, 1.54) is 11.1 Å². The molecule has 0 aliphatic carbocycles. The van der Waals surface area contributed by atoms with E-state index < -0.39 is 12.1 Å². The summed E-state index contributed by atoms with van der Waals surface area (Å²) >= 11 is 1.66. The average molecular weight is 520 g/mol. The number of nitrogens with zero attached hydrogens (tertiary/aromatic N) is 4. The third-order valence-corrected chi connectivity index (χ3v) is 6.82. The summed E-state index contributed by atoms with van der Waals surface area (Å²) in [6.07, 6.45) is 8.89. The SMILES string of the molecule is CCc1nc2scc(C#Cc3ccncc3)c2cc1-c1ccccc1.NC(=O)C1=C2N=CC=CN2NC1N. The number of thiophene rings is 1. The lowest BCUT2D eigenvalue weighted by Gasteiger charge is -2.16. The zero-order chi connectivity index (χ0) is 26.5. The molecule has 188 valence electrons. The second kappa shape index (κ2) is 11.2. The average Bonchev–Trinajstić information content (AvgIpc) is 3.51. The molecule has 1 aromatic carbocycles. The van der Waals surface area contributed by atoms with Gasteiger partial charge in [0.15, 0.2) is 5.82 Å². The fourth-order valence-corrected chi connectivity index (χ4v) is 4.97. The molecule has 5 heterocycles. The van der Waals surface area contributed by atoms with Crippen molar-refractivity contribution in [3.05, 3.63) is 107 Å². The third kappa shape index (κ3) is 5.23. The van der Waals surface area contributed by atoms with Crippen molar-refractivity contribution in [1.29, 1.82) is 0 Å². The Morgan fingerprint density at radius 2 is 1.95 bits per heavy atom. The first-order valence-electron chi connectivity index (χ1n) is 12.0. The fraction of sp³-hybridized carbons (Fsp3) is 0.103. The van der Waals surface area contributed by atoms with Crippen LogP contribution < -0.4 is 16.9 Å². The molecule has 0 spiro atoms. The highest BCUT2D eigenvalue weighted by atomic mass is 32.1. The first-order chi connectivity index (χ1) is 18.5. The van der Waals surface area contributed by atoms with Crippen LogP contribution in [0.5, 0.6) is 0 Å². The highest BCUT2D eigenvalue weighted by Gasteiger charge is 2.31. The number of amides is 1. The van der Waals surface area contributed by atoms with E-state index in [0.29, 0.717) is 11.4 Å². The minimum atomic E-state index is -0.576. The van der Waals surface area contributed by atoms with Gasteiger partial charge in [0.2, 0.25) is 0 Å². The molecule has 1 unspecified atom stereocenters. The van der Waals surface area contributed by atoms with Gasteiger partial charge in [-0.05, 0) is 36.3 Å². The number of rotatable bonds is 3. The van der Waals surface area contributed by atoms with Crippen LogP contribution in [0.25, 0.3) is 21.3 Å². The number of hydrazine groups is 1. The summed E-state index contributed by atoms with van der Waals surface area (Å²) in [6.45, 7) is 2.15. The maximum atomic E-state index is 11.0. The van der Waals surface area contributed by atoms with Crippen molar-refractivity contribution in [2.24, 2.45) is 16.5 Å². The number of primary amides is 1. The van der Waals surface area contributed by atoms with Crippen molar-refractivity contribution < 1.29 is 4.79 Å². The minimum absolute atomic E-state index is 0.306. The Kier molecular flexibility index (Phi) is 7.38. The van der Waals surface area contributed by atoms with Gasteiger partial charge in [0.05, 0.1) is 5.57 Å². The van der Waals surface area contributed by atoms with Gasteiger partial charge in [-0.25, -0.2) is 15.4 Å². The molecule has 0 radical (unpaired) electrons. The monoisotopic (exact) mass is 519 g/mol. The van der Waals surface area contributed by atoms with Gasteiger partial charge in [0.25, 0.3) is 5.91 Å². The van der Waals surface area contributed by atoms with Gasteiger partial charge in [0.1, 0.15) is 11.0 Å². The van der Waals surface area contributed by atoms with Crippen molar-refractivity contribution in [2.45, 2.75) is 19.5 Å². The number of pyridine rings is 2. The fourth-order valence-electron chi connectivity index (χ4n) is 4.09. The molecular formula is C29H25N7OS. The second-order valence-electron chi connectivity index (χ2n) is 8.39. The number of hydrogen-bond acceptors (Lipinski definition) is 8. The minimum Gasteiger partial charge on any atom is -0.366 e. The molecule has 0 saturated heterocycles. The van der Waals surface area contributed by atoms with Crippen LogP contribution in [0, 0.1) is 11.8 Å². The smallest absolute Gasteiger partial charge is 0.251 e. The van der Waals surface area contributed by atoms with Crippen molar-refractivity contribution in [3.8, 4) is 23.0 Å². The molecule has 1 amide bonds. The molecule has 3 aromatic heterocycles. The van der Waals surface area contributed by atoms with E-state index in [0.717, 1.165) is 33.5 Å². The lowest BCUT2D eigenvalue weighted by molar-refractivity contribution is -0.114. The lowest BCUT2D eigenvalue weighted by Crippen LogP contribution is -2.42. The van der Waals surface area contributed by atoms with Crippen molar-refractivity contribution in [2.75, 3.05) is 0 Å². The summed E-state index contributed by atoms with van der Waals surface area (Å²) in [5.41, 5.74) is 19.4. The normalized spacial score (nSPS) is 15.5. The van der Waals surface area contributed by atoms with E-state index in [9.17, 15) is 4.79 Å². The summed E-state index contributed by atoms with van der Waals surface area (Å²) in [7, 11) is 0. The summed E-state index contributed by atoms with van der Waals surface area (Å²) in [5, 5.41) is 4.80. The zero-order valence-corrected chi connectivity index (χ0v) is 21.4. The Morgan fingerprint density at radius 3 is 2.68 bits per heavy atom. The zero-order valence-electron chi connectivity index (χ0n) is 20.6. The van der Waals surface area contributed by atoms with Crippen LogP contribution in [0.4, 0.5) is 0 Å². The molecule has 1 atom stereocenters. The number of nitrogens with one attached hydrogen (secondary N) is 1. The van der Waals surface area contributed by atoms with Gasteiger partial charge in [0, 0.05) is 58.0 Å². The maximum absolute atomic E-state index is 11.0. The Labute approximate surface area is 224 Å². The first-order valence-corrected chi connectivity index (χ1v) is 12.9. The van der Waals surface area contributed by atoms with Gasteiger partial charge in [-0.3, -0.25) is 14.8 Å². The summed E-state index contributed by atoms with van der Waals surface area (Å²) in [6, 6.07) is 16.5. The molecule has 5 N–H and O–H groups in total. The number of aryl methyl sites for hydroxylation is 1. The highest BCUT2D eigenvalue weighted by molar-refractivity contribution is 7.17. The van der Waals surface area contributed by atoms with E-state index >= 15 is 0 Å². The molecule has 38 heavy (non-hydrogen) atoms. The van der Waals surface area contributed by atoms with Crippen LogP contribution in [0.1, 0.15) is 23.7 Å². The Hall–Kier alpha value is -4.62. The Bertz CT molecular complexity index is 1630. The maximum Gasteiger partial charge on any atom is 0.251 e. The number of carbonyl (C=O) groups is 1. The van der Waals surface area contributed by atoms with Crippen LogP contribution in [0.15, 0.2) is 95.0 Å². The predicted molar refractivity (Wildman–Crippen MR) is 151 cm³/mol. The lowest BCUT2D eigenvalue weighted by atomic mass is 10.0. The van der Waals surface area contributed by atoms with Crippen LogP contribution in [-0.4, -0.2) is 33.3 Å². The molecule has 8 nitrogen and oxygen atoms in total. The summed E-state index contributed by atoms with van der Waals surface area (Å²) in [5.74, 6) is 6.43. The first kappa shape index (κ1) is 25.0. The molecule has 0 saturated carbocycles. The van der Waals surface area contributed by atoms with Gasteiger partial charge >= 0.3 is 0 Å². The second-order valence-corrected chi connectivity index (χ2v) is 9.25. The van der Waals surface area contributed by atoms with Crippen LogP contribution in [0.3, 0.4) is 0 Å². The largest absolute Gasteiger partial charge is 0.366 e. The molecule has 2 aliphatic heterocycles. The number of allylic oxidation sites excluding steroid dienone is 1. The number of benzene rings is 1. The van der Waals surface area contributed by atoms with Crippen molar-refractivity contribution >= 4 is 33.7 Å². The molecule has 0 fully saturated rings. The molecule has 0 bridgehead atoms.